The van der Waals surface area contributed by atoms with Crippen molar-refractivity contribution in [1.29, 1.82) is 0 Å². The van der Waals surface area contributed by atoms with E-state index in [0.717, 1.165) is 25.9 Å². The number of piperidine rings is 1. The Morgan fingerprint density at radius 2 is 2.10 bits per heavy atom. The number of likely N-dealkylation sites (tertiary alicyclic amines) is 1. The highest BCUT2D eigenvalue weighted by Gasteiger charge is 2.22. The molecule has 0 saturated carbocycles. The molecule has 1 aromatic rings. The SMILES string of the molecule is CN(C)C(=O)CN1CCC(Nc2cccc(Cl)c2F)CC1. The van der Waals surface area contributed by atoms with Gasteiger partial charge in [-0.15, -0.1) is 0 Å². The van der Waals surface area contributed by atoms with Crippen LogP contribution in [-0.4, -0.2) is 55.5 Å². The number of rotatable bonds is 4. The number of halogens is 2. The second-order valence-electron chi connectivity index (χ2n) is 5.58. The first kappa shape index (κ1) is 16.0. The molecule has 6 heteroatoms. The summed E-state index contributed by atoms with van der Waals surface area (Å²) in [6.07, 6.45) is 1.76. The monoisotopic (exact) mass is 313 g/mol. The molecule has 0 aromatic heterocycles. The van der Waals surface area contributed by atoms with Crippen molar-refractivity contribution in [2.24, 2.45) is 0 Å². The van der Waals surface area contributed by atoms with Crippen molar-refractivity contribution in [3.63, 3.8) is 0 Å². The van der Waals surface area contributed by atoms with Crippen LogP contribution in [0.5, 0.6) is 0 Å². The number of carbonyl (C=O) groups is 1. The van der Waals surface area contributed by atoms with Gasteiger partial charge < -0.3 is 10.2 Å². The van der Waals surface area contributed by atoms with Gasteiger partial charge in [0, 0.05) is 33.2 Å². The average Bonchev–Trinajstić information content (AvgIpc) is 2.46. The summed E-state index contributed by atoms with van der Waals surface area (Å²) in [6, 6.07) is 5.18. The van der Waals surface area contributed by atoms with Crippen LogP contribution in [-0.2, 0) is 4.79 Å². The normalized spacial score (nSPS) is 16.8. The van der Waals surface area contributed by atoms with Crippen molar-refractivity contribution in [2.75, 3.05) is 39.0 Å². The van der Waals surface area contributed by atoms with Crippen LogP contribution in [0.3, 0.4) is 0 Å². The predicted molar refractivity (Wildman–Crippen MR) is 83.2 cm³/mol. The number of nitrogens with zero attached hydrogens (tertiary/aromatic N) is 2. The van der Waals surface area contributed by atoms with Gasteiger partial charge in [0.15, 0.2) is 5.82 Å². The van der Waals surface area contributed by atoms with Crippen LogP contribution in [0.2, 0.25) is 5.02 Å². The second-order valence-corrected chi connectivity index (χ2v) is 5.99. The Labute approximate surface area is 129 Å². The Morgan fingerprint density at radius 3 is 2.71 bits per heavy atom. The van der Waals surface area contributed by atoms with E-state index in [0.29, 0.717) is 12.2 Å². The number of likely N-dealkylation sites (N-methyl/N-ethyl adjacent to an activating group) is 1. The summed E-state index contributed by atoms with van der Waals surface area (Å²) in [5, 5.41) is 3.34. The van der Waals surface area contributed by atoms with Gasteiger partial charge in [0.25, 0.3) is 0 Å². The molecule has 1 fully saturated rings. The maximum Gasteiger partial charge on any atom is 0.236 e. The largest absolute Gasteiger partial charge is 0.380 e. The summed E-state index contributed by atoms with van der Waals surface area (Å²) in [5.74, 6) is -0.285. The summed E-state index contributed by atoms with van der Waals surface area (Å²) in [7, 11) is 3.52. The van der Waals surface area contributed by atoms with Crippen molar-refractivity contribution in [3.8, 4) is 0 Å². The number of carbonyl (C=O) groups excluding carboxylic acids is 1. The number of nitrogens with one attached hydrogen (secondary N) is 1. The molecule has 1 amide bonds. The third kappa shape index (κ3) is 4.32. The lowest BCUT2D eigenvalue weighted by molar-refractivity contribution is -0.130. The molecule has 0 unspecified atom stereocenters. The molecule has 0 aliphatic carbocycles. The van der Waals surface area contributed by atoms with E-state index < -0.39 is 5.82 Å². The van der Waals surface area contributed by atoms with Gasteiger partial charge in [-0.25, -0.2) is 4.39 Å². The van der Waals surface area contributed by atoms with Gasteiger partial charge in [-0.2, -0.15) is 0 Å². The fraction of sp³-hybridized carbons (Fsp3) is 0.533. The van der Waals surface area contributed by atoms with Gasteiger partial charge in [0.1, 0.15) is 0 Å². The highest BCUT2D eigenvalue weighted by molar-refractivity contribution is 6.31. The standard InChI is InChI=1S/C15H21ClFN3O/c1-19(2)14(21)10-20-8-6-11(7-9-20)18-13-5-3-4-12(16)15(13)17/h3-5,11,18H,6-10H2,1-2H3. The van der Waals surface area contributed by atoms with Gasteiger partial charge in [0.2, 0.25) is 5.91 Å². The molecule has 0 spiro atoms. The summed E-state index contributed by atoms with van der Waals surface area (Å²) in [4.78, 5) is 15.4. The first-order valence-corrected chi connectivity index (χ1v) is 7.48. The molecule has 116 valence electrons. The second kappa shape index (κ2) is 7.09. The average molecular weight is 314 g/mol. The Kier molecular flexibility index (Phi) is 5.42. The highest BCUT2D eigenvalue weighted by Crippen LogP contribution is 2.24. The van der Waals surface area contributed by atoms with Crippen molar-refractivity contribution in [2.45, 2.75) is 18.9 Å². The molecule has 4 nitrogen and oxygen atoms in total. The fourth-order valence-electron chi connectivity index (χ4n) is 2.40. The van der Waals surface area contributed by atoms with Crippen molar-refractivity contribution in [1.82, 2.24) is 9.80 Å². The first-order valence-electron chi connectivity index (χ1n) is 7.10. The minimum Gasteiger partial charge on any atom is -0.380 e. The van der Waals surface area contributed by atoms with Gasteiger partial charge in [-0.05, 0) is 25.0 Å². The van der Waals surface area contributed by atoms with E-state index in [4.69, 9.17) is 11.6 Å². The molecule has 1 aromatic carbocycles. The van der Waals surface area contributed by atoms with E-state index in [-0.39, 0.29) is 17.0 Å². The van der Waals surface area contributed by atoms with E-state index in [1.807, 2.05) is 0 Å². The lowest BCUT2D eigenvalue weighted by Crippen LogP contribution is -2.44. The molecular formula is C15H21ClFN3O. The van der Waals surface area contributed by atoms with Crippen molar-refractivity contribution >= 4 is 23.2 Å². The van der Waals surface area contributed by atoms with E-state index in [9.17, 15) is 9.18 Å². The molecular weight excluding hydrogens is 293 g/mol. The topological polar surface area (TPSA) is 35.6 Å². The summed E-state index contributed by atoms with van der Waals surface area (Å²) < 4.78 is 13.8. The Hall–Kier alpha value is -1.33. The van der Waals surface area contributed by atoms with Crippen LogP contribution < -0.4 is 5.32 Å². The molecule has 1 saturated heterocycles. The number of hydrogen-bond donors (Lipinski definition) is 1. The van der Waals surface area contributed by atoms with Crippen LogP contribution >= 0.6 is 11.6 Å². The maximum atomic E-state index is 13.8. The molecule has 21 heavy (non-hydrogen) atoms. The number of amides is 1. The van der Waals surface area contributed by atoms with E-state index in [1.54, 1.807) is 31.1 Å². The first-order chi connectivity index (χ1) is 9.97. The van der Waals surface area contributed by atoms with Crippen LogP contribution in [0, 0.1) is 5.82 Å². The van der Waals surface area contributed by atoms with Crippen LogP contribution in [0.1, 0.15) is 12.8 Å². The van der Waals surface area contributed by atoms with Gasteiger partial charge in [-0.3, -0.25) is 9.69 Å². The maximum absolute atomic E-state index is 13.8. The molecule has 0 radical (unpaired) electrons. The molecule has 1 aliphatic heterocycles. The third-order valence-electron chi connectivity index (χ3n) is 3.76. The van der Waals surface area contributed by atoms with Crippen LogP contribution in [0.25, 0.3) is 0 Å². The lowest BCUT2D eigenvalue weighted by atomic mass is 10.0. The lowest BCUT2D eigenvalue weighted by Gasteiger charge is -2.33. The van der Waals surface area contributed by atoms with Crippen LogP contribution in [0.4, 0.5) is 10.1 Å². The quantitative estimate of drug-likeness (QED) is 0.927. The number of anilines is 1. The van der Waals surface area contributed by atoms with Crippen molar-refractivity contribution < 1.29 is 9.18 Å². The van der Waals surface area contributed by atoms with E-state index in [2.05, 4.69) is 10.2 Å². The number of benzene rings is 1. The Balaban J connectivity index is 1.84. The smallest absolute Gasteiger partial charge is 0.236 e. The molecule has 1 heterocycles. The summed E-state index contributed by atoms with van der Waals surface area (Å²) >= 11 is 5.78. The zero-order valence-electron chi connectivity index (χ0n) is 12.4. The van der Waals surface area contributed by atoms with E-state index >= 15 is 0 Å². The molecule has 1 aliphatic rings. The fourth-order valence-corrected chi connectivity index (χ4v) is 2.58. The van der Waals surface area contributed by atoms with Gasteiger partial charge in [-0.1, -0.05) is 17.7 Å². The van der Waals surface area contributed by atoms with Gasteiger partial charge >= 0.3 is 0 Å². The highest BCUT2D eigenvalue weighted by atomic mass is 35.5. The molecule has 0 bridgehead atoms. The Morgan fingerprint density at radius 1 is 1.43 bits per heavy atom. The molecule has 0 atom stereocenters. The van der Waals surface area contributed by atoms with Crippen LogP contribution in [0.15, 0.2) is 18.2 Å². The van der Waals surface area contributed by atoms with Crippen molar-refractivity contribution in [3.05, 3.63) is 29.0 Å². The predicted octanol–water partition coefficient (Wildman–Crippen LogP) is 2.44. The van der Waals surface area contributed by atoms with Gasteiger partial charge in [0.05, 0.1) is 17.3 Å². The molecule has 2 rings (SSSR count). The summed E-state index contributed by atoms with van der Waals surface area (Å²) in [6.45, 7) is 2.12. The minimum absolute atomic E-state index is 0.113. The summed E-state index contributed by atoms with van der Waals surface area (Å²) in [5.41, 5.74) is 0.449. The zero-order valence-corrected chi connectivity index (χ0v) is 13.2. The number of hydrogen-bond acceptors (Lipinski definition) is 3. The third-order valence-corrected chi connectivity index (χ3v) is 4.05. The Bertz CT molecular complexity index is 502. The molecule has 1 N–H and O–H groups in total. The minimum atomic E-state index is -0.399. The van der Waals surface area contributed by atoms with E-state index in [1.165, 1.54) is 6.07 Å². The zero-order chi connectivity index (χ0) is 15.4.